The monoisotopic (exact) mass is 206 g/mol. The Morgan fingerprint density at radius 3 is 2.08 bits per heavy atom. The molecule has 0 saturated carbocycles. The molecule has 0 amide bonds. The molecule has 0 aromatic rings. The van der Waals surface area contributed by atoms with Crippen LogP contribution in [0.25, 0.3) is 0 Å². The van der Waals surface area contributed by atoms with E-state index in [1.54, 1.807) is 7.11 Å². The summed E-state index contributed by atoms with van der Waals surface area (Å²) >= 11 is 5.68. The first-order chi connectivity index (χ1) is 6.36. The van der Waals surface area contributed by atoms with Gasteiger partial charge in [0.1, 0.15) is 0 Å². The second kappa shape index (κ2) is 6.60. The Bertz CT molecular complexity index is 127. The maximum atomic E-state index is 5.68. The number of hydrogen-bond donors (Lipinski definition) is 0. The average molecular weight is 207 g/mol. The number of nitrogens with zero attached hydrogens (tertiary/aromatic N) is 2. The Hall–Kier alpha value is 0.170. The smallest absolute Gasteiger partial charge is 0.0589 e. The van der Waals surface area contributed by atoms with Gasteiger partial charge < -0.3 is 4.74 Å². The van der Waals surface area contributed by atoms with Crippen LogP contribution in [0.15, 0.2) is 0 Å². The van der Waals surface area contributed by atoms with Gasteiger partial charge >= 0.3 is 0 Å². The third-order valence-electron chi connectivity index (χ3n) is 2.48. The third-order valence-corrected chi connectivity index (χ3v) is 2.65. The first-order valence-corrected chi connectivity index (χ1v) is 5.40. The van der Waals surface area contributed by atoms with E-state index in [9.17, 15) is 0 Å². The summed E-state index contributed by atoms with van der Waals surface area (Å²) < 4.78 is 5.04. The molecular weight excluding hydrogens is 188 g/mol. The maximum absolute atomic E-state index is 5.68. The second-order valence-corrected chi connectivity index (χ2v) is 3.74. The number of piperazine rings is 1. The largest absolute Gasteiger partial charge is 0.383 e. The minimum absolute atomic E-state index is 0.748. The number of hydrogen-bond acceptors (Lipinski definition) is 3. The third kappa shape index (κ3) is 4.27. The minimum Gasteiger partial charge on any atom is -0.383 e. The fourth-order valence-electron chi connectivity index (χ4n) is 1.58. The zero-order chi connectivity index (χ0) is 9.52. The molecule has 1 heterocycles. The summed E-state index contributed by atoms with van der Waals surface area (Å²) in [5.74, 6) is 0.748. The Kier molecular flexibility index (Phi) is 5.71. The van der Waals surface area contributed by atoms with E-state index in [1.165, 1.54) is 0 Å². The van der Waals surface area contributed by atoms with Gasteiger partial charge in [-0.3, -0.25) is 9.80 Å². The van der Waals surface area contributed by atoms with Crippen molar-refractivity contribution in [1.82, 2.24) is 9.80 Å². The molecule has 78 valence electrons. The fraction of sp³-hybridized carbons (Fsp3) is 1.00. The van der Waals surface area contributed by atoms with Crippen molar-refractivity contribution >= 4 is 11.6 Å². The molecule has 1 aliphatic heterocycles. The number of alkyl halides is 1. The molecule has 3 nitrogen and oxygen atoms in total. The molecule has 0 aromatic carbocycles. The van der Waals surface area contributed by atoms with Crippen LogP contribution in [0.3, 0.4) is 0 Å². The quantitative estimate of drug-likeness (QED) is 0.609. The molecule has 0 aliphatic carbocycles. The first kappa shape index (κ1) is 11.2. The van der Waals surface area contributed by atoms with Crippen molar-refractivity contribution in [1.29, 1.82) is 0 Å². The molecule has 0 atom stereocenters. The van der Waals surface area contributed by atoms with E-state index < -0.39 is 0 Å². The molecule has 1 aliphatic rings. The van der Waals surface area contributed by atoms with Crippen molar-refractivity contribution in [2.75, 3.05) is 58.9 Å². The molecule has 1 rings (SSSR count). The van der Waals surface area contributed by atoms with Crippen LogP contribution in [0.5, 0.6) is 0 Å². The summed E-state index contributed by atoms with van der Waals surface area (Å²) in [6.45, 7) is 7.54. The lowest BCUT2D eigenvalue weighted by atomic mass is 10.3. The van der Waals surface area contributed by atoms with Gasteiger partial charge in [-0.1, -0.05) is 0 Å². The zero-order valence-corrected chi connectivity index (χ0v) is 9.09. The van der Waals surface area contributed by atoms with Crippen LogP contribution in [0.2, 0.25) is 0 Å². The van der Waals surface area contributed by atoms with E-state index in [2.05, 4.69) is 9.80 Å². The minimum atomic E-state index is 0.748. The van der Waals surface area contributed by atoms with E-state index >= 15 is 0 Å². The number of ether oxygens (including phenoxy) is 1. The molecule has 1 saturated heterocycles. The van der Waals surface area contributed by atoms with Crippen molar-refractivity contribution < 1.29 is 4.74 Å². The number of rotatable bonds is 5. The molecule has 0 N–H and O–H groups in total. The molecule has 0 aromatic heterocycles. The van der Waals surface area contributed by atoms with Crippen LogP contribution in [0.4, 0.5) is 0 Å². The molecule has 0 spiro atoms. The maximum Gasteiger partial charge on any atom is 0.0589 e. The molecule has 4 heteroatoms. The van der Waals surface area contributed by atoms with Crippen molar-refractivity contribution in [2.24, 2.45) is 0 Å². The van der Waals surface area contributed by atoms with Gasteiger partial charge in [-0.05, 0) is 0 Å². The van der Waals surface area contributed by atoms with E-state index in [0.29, 0.717) is 0 Å². The van der Waals surface area contributed by atoms with Crippen molar-refractivity contribution in [3.8, 4) is 0 Å². The summed E-state index contributed by atoms with van der Waals surface area (Å²) in [4.78, 5) is 4.85. The highest BCUT2D eigenvalue weighted by atomic mass is 35.5. The zero-order valence-electron chi connectivity index (χ0n) is 8.34. The van der Waals surface area contributed by atoms with Crippen LogP contribution in [-0.4, -0.2) is 68.7 Å². The lowest BCUT2D eigenvalue weighted by molar-refractivity contribution is 0.0999. The summed E-state index contributed by atoms with van der Waals surface area (Å²) in [7, 11) is 1.75. The van der Waals surface area contributed by atoms with E-state index in [4.69, 9.17) is 16.3 Å². The highest BCUT2D eigenvalue weighted by Crippen LogP contribution is 2.01. The van der Waals surface area contributed by atoms with Crippen LogP contribution >= 0.6 is 11.6 Å². The van der Waals surface area contributed by atoms with Crippen LogP contribution in [0, 0.1) is 0 Å². The Labute approximate surface area is 85.6 Å². The fourth-order valence-corrected chi connectivity index (χ4v) is 1.82. The van der Waals surface area contributed by atoms with Crippen LogP contribution in [0.1, 0.15) is 0 Å². The number of halogens is 1. The van der Waals surface area contributed by atoms with Gasteiger partial charge in [0.2, 0.25) is 0 Å². The van der Waals surface area contributed by atoms with Crippen LogP contribution in [-0.2, 0) is 4.74 Å². The molecular formula is C9H19ClN2O. The molecule has 0 unspecified atom stereocenters. The van der Waals surface area contributed by atoms with E-state index in [1.807, 2.05) is 0 Å². The van der Waals surface area contributed by atoms with Gasteiger partial charge in [-0.15, -0.1) is 11.6 Å². The molecule has 13 heavy (non-hydrogen) atoms. The van der Waals surface area contributed by atoms with Gasteiger partial charge in [0.05, 0.1) is 6.61 Å². The summed E-state index contributed by atoms with van der Waals surface area (Å²) in [6.07, 6.45) is 0. The van der Waals surface area contributed by atoms with Gasteiger partial charge in [0.25, 0.3) is 0 Å². The second-order valence-electron chi connectivity index (χ2n) is 3.37. The van der Waals surface area contributed by atoms with E-state index in [-0.39, 0.29) is 0 Å². The molecule has 0 radical (unpaired) electrons. The highest BCUT2D eigenvalue weighted by molar-refractivity contribution is 6.18. The predicted molar refractivity (Wildman–Crippen MR) is 55.5 cm³/mol. The topological polar surface area (TPSA) is 15.7 Å². The molecule has 1 fully saturated rings. The lowest BCUT2D eigenvalue weighted by Crippen LogP contribution is -2.47. The van der Waals surface area contributed by atoms with Gasteiger partial charge in [-0.25, -0.2) is 0 Å². The highest BCUT2D eigenvalue weighted by Gasteiger charge is 2.15. The summed E-state index contributed by atoms with van der Waals surface area (Å²) in [6, 6.07) is 0. The van der Waals surface area contributed by atoms with Crippen LogP contribution < -0.4 is 0 Å². The predicted octanol–water partition coefficient (Wildman–Crippen LogP) is 0.489. The Morgan fingerprint density at radius 2 is 1.62 bits per heavy atom. The summed E-state index contributed by atoms with van der Waals surface area (Å²) in [5.41, 5.74) is 0. The van der Waals surface area contributed by atoms with Crippen molar-refractivity contribution in [2.45, 2.75) is 0 Å². The van der Waals surface area contributed by atoms with Crippen molar-refractivity contribution in [3.05, 3.63) is 0 Å². The Balaban J connectivity index is 2.08. The van der Waals surface area contributed by atoms with Gasteiger partial charge in [0, 0.05) is 52.3 Å². The first-order valence-electron chi connectivity index (χ1n) is 4.86. The normalized spacial score (nSPS) is 20.8. The molecule has 0 bridgehead atoms. The Morgan fingerprint density at radius 1 is 1.08 bits per heavy atom. The van der Waals surface area contributed by atoms with Gasteiger partial charge in [0.15, 0.2) is 0 Å². The average Bonchev–Trinajstić information content (AvgIpc) is 2.17. The van der Waals surface area contributed by atoms with Gasteiger partial charge in [-0.2, -0.15) is 0 Å². The summed E-state index contributed by atoms with van der Waals surface area (Å²) in [5, 5.41) is 0. The standard InChI is InChI=1S/C9H19ClN2O/c1-13-9-8-12-6-4-11(3-2-10)5-7-12/h2-9H2,1H3. The SMILES string of the molecule is COCCN1CCN(CCCl)CC1. The van der Waals surface area contributed by atoms with E-state index in [0.717, 1.165) is 51.8 Å². The van der Waals surface area contributed by atoms with Crippen molar-refractivity contribution in [3.63, 3.8) is 0 Å². The number of methoxy groups -OCH3 is 1. The lowest BCUT2D eigenvalue weighted by Gasteiger charge is -2.34.